The normalized spacial score (nSPS) is 11.1. The fourth-order valence-electron chi connectivity index (χ4n) is 1.12. The largest absolute Gasteiger partial charge is 0.343 e. The Morgan fingerprint density at radius 1 is 1.39 bits per heavy atom. The zero-order valence-electron chi connectivity index (χ0n) is 8.94. The van der Waals surface area contributed by atoms with E-state index in [2.05, 4.69) is 24.4 Å². The van der Waals surface area contributed by atoms with Gasteiger partial charge in [0.15, 0.2) is 5.82 Å². The third-order valence-electron chi connectivity index (χ3n) is 1.99. The predicted molar refractivity (Wildman–Crippen MR) is 57.3 cm³/mol. The molecule has 2 heterocycles. The van der Waals surface area contributed by atoms with Gasteiger partial charge in [-0.25, -0.2) is 18.1 Å². The number of hydrogen-bond acceptors (Lipinski definition) is 7. The first-order chi connectivity index (χ1) is 8.62. The number of hydrogen-bond donors (Lipinski definition) is 1. The Labute approximate surface area is 102 Å². The lowest BCUT2D eigenvalue weighted by molar-refractivity contribution is 0.409. The number of sulfonamides is 1. The number of pyridine rings is 1. The molecule has 0 aromatic carbocycles. The van der Waals surface area contributed by atoms with Gasteiger partial charge in [0.25, 0.3) is 0 Å². The van der Waals surface area contributed by atoms with Crippen molar-refractivity contribution in [3.8, 4) is 6.07 Å². The van der Waals surface area contributed by atoms with Crippen molar-refractivity contribution in [3.63, 3.8) is 0 Å². The van der Waals surface area contributed by atoms with Crippen LogP contribution < -0.4 is 4.72 Å². The Morgan fingerprint density at radius 2 is 2.22 bits per heavy atom. The highest BCUT2D eigenvalue weighted by Gasteiger charge is 2.15. The van der Waals surface area contributed by atoms with Crippen LogP contribution in [0.25, 0.3) is 0 Å². The average molecular weight is 265 g/mol. The molecule has 0 spiro atoms. The Bertz CT molecular complexity index is 657. The van der Waals surface area contributed by atoms with E-state index in [1.165, 1.54) is 12.1 Å². The number of aromatic nitrogens is 3. The van der Waals surface area contributed by atoms with E-state index in [9.17, 15) is 8.42 Å². The smallest absolute Gasteiger partial charge is 0.242 e. The van der Waals surface area contributed by atoms with E-state index in [0.717, 1.165) is 12.6 Å². The first-order valence-corrected chi connectivity index (χ1v) is 6.21. The molecule has 0 saturated heterocycles. The van der Waals surface area contributed by atoms with Crippen LogP contribution in [0.4, 0.5) is 0 Å². The van der Waals surface area contributed by atoms with Gasteiger partial charge < -0.3 is 4.52 Å². The number of rotatable bonds is 4. The minimum atomic E-state index is -3.70. The molecule has 0 unspecified atom stereocenters. The number of nitriles is 1. The van der Waals surface area contributed by atoms with Crippen LogP contribution in [-0.2, 0) is 16.6 Å². The molecular formula is C9H7N5O3S. The third-order valence-corrected chi connectivity index (χ3v) is 3.37. The topological polar surface area (TPSA) is 122 Å². The second-order valence-corrected chi connectivity index (χ2v) is 4.93. The third kappa shape index (κ3) is 2.68. The highest BCUT2D eigenvalue weighted by Crippen LogP contribution is 2.07. The molecule has 8 nitrogen and oxygen atoms in total. The van der Waals surface area contributed by atoms with Crippen molar-refractivity contribution in [2.45, 2.75) is 11.4 Å². The van der Waals surface area contributed by atoms with E-state index in [1.807, 2.05) is 0 Å². The van der Waals surface area contributed by atoms with Crippen molar-refractivity contribution in [3.05, 3.63) is 36.2 Å². The van der Waals surface area contributed by atoms with Gasteiger partial charge in [-0.05, 0) is 12.1 Å². The molecule has 2 aromatic rings. The second kappa shape index (κ2) is 4.91. The summed E-state index contributed by atoms with van der Waals surface area (Å²) in [4.78, 5) is 7.32. The van der Waals surface area contributed by atoms with Gasteiger partial charge in [-0.2, -0.15) is 10.2 Å². The molecule has 0 radical (unpaired) electrons. The molecular weight excluding hydrogens is 258 g/mol. The van der Waals surface area contributed by atoms with Crippen LogP contribution in [0.1, 0.15) is 11.5 Å². The Hall–Kier alpha value is -2.31. The zero-order chi connectivity index (χ0) is 13.0. The molecule has 9 heteroatoms. The van der Waals surface area contributed by atoms with Gasteiger partial charge in [0, 0.05) is 6.20 Å². The lowest BCUT2D eigenvalue weighted by atomic mass is 10.4. The van der Waals surface area contributed by atoms with Gasteiger partial charge in [0.05, 0.1) is 6.54 Å². The summed E-state index contributed by atoms with van der Waals surface area (Å²) >= 11 is 0. The zero-order valence-corrected chi connectivity index (χ0v) is 9.75. The Morgan fingerprint density at radius 3 is 2.78 bits per heavy atom. The number of nitrogens with one attached hydrogen (secondary N) is 1. The summed E-state index contributed by atoms with van der Waals surface area (Å²) in [5.74, 6) is 0.222. The van der Waals surface area contributed by atoms with E-state index < -0.39 is 10.0 Å². The minimum Gasteiger partial charge on any atom is -0.343 e. The molecule has 0 atom stereocenters. The van der Waals surface area contributed by atoms with Crippen molar-refractivity contribution in [2.24, 2.45) is 0 Å². The van der Waals surface area contributed by atoms with Crippen molar-refractivity contribution < 1.29 is 12.9 Å². The molecule has 0 bridgehead atoms. The van der Waals surface area contributed by atoms with Crippen LogP contribution in [0.3, 0.4) is 0 Å². The highest BCUT2D eigenvalue weighted by atomic mass is 32.2. The van der Waals surface area contributed by atoms with Crippen LogP contribution in [-0.4, -0.2) is 23.5 Å². The summed E-state index contributed by atoms with van der Waals surface area (Å²) in [6.07, 6.45) is 2.21. The predicted octanol–water partition coefficient (Wildman–Crippen LogP) is -0.185. The maximum absolute atomic E-state index is 11.8. The quantitative estimate of drug-likeness (QED) is 0.813. The van der Waals surface area contributed by atoms with Gasteiger partial charge in [0.2, 0.25) is 16.4 Å². The van der Waals surface area contributed by atoms with Crippen LogP contribution in [0.5, 0.6) is 0 Å². The monoisotopic (exact) mass is 265 g/mol. The highest BCUT2D eigenvalue weighted by molar-refractivity contribution is 7.89. The van der Waals surface area contributed by atoms with Crippen molar-refractivity contribution >= 4 is 10.0 Å². The molecule has 0 fully saturated rings. The summed E-state index contributed by atoms with van der Waals surface area (Å²) in [7, 11) is -3.70. The second-order valence-electron chi connectivity index (χ2n) is 3.16. The molecule has 2 rings (SSSR count). The van der Waals surface area contributed by atoms with E-state index in [-0.39, 0.29) is 23.0 Å². The maximum Gasteiger partial charge on any atom is 0.242 e. The van der Waals surface area contributed by atoms with E-state index >= 15 is 0 Å². The summed E-state index contributed by atoms with van der Waals surface area (Å²) < 4.78 is 30.4. The Balaban J connectivity index is 2.13. The van der Waals surface area contributed by atoms with Crippen LogP contribution in [0.15, 0.2) is 34.1 Å². The van der Waals surface area contributed by atoms with Gasteiger partial charge >= 0.3 is 0 Å². The summed E-state index contributed by atoms with van der Waals surface area (Å²) in [5.41, 5.74) is 0.145. The molecule has 0 aliphatic heterocycles. The first-order valence-electron chi connectivity index (χ1n) is 4.73. The van der Waals surface area contributed by atoms with Crippen LogP contribution >= 0.6 is 0 Å². The Kier molecular flexibility index (Phi) is 3.31. The molecule has 1 N–H and O–H groups in total. The van der Waals surface area contributed by atoms with Gasteiger partial charge in [-0.1, -0.05) is 5.16 Å². The fourth-order valence-corrected chi connectivity index (χ4v) is 2.04. The summed E-state index contributed by atoms with van der Waals surface area (Å²) in [6, 6.07) is 4.42. The standard InChI is InChI=1S/C9H7N5O3S/c10-3-7-1-2-8(4-11-7)18(15,16)13-5-9-12-6-17-14-9/h1-2,4,6,13H,5H2. The maximum atomic E-state index is 11.8. The first kappa shape index (κ1) is 12.2. The summed E-state index contributed by atoms with van der Waals surface area (Å²) in [5, 5.41) is 12.0. The van der Waals surface area contributed by atoms with Crippen molar-refractivity contribution in [1.82, 2.24) is 19.8 Å². The SMILES string of the molecule is N#Cc1ccc(S(=O)(=O)NCc2ncon2)cn1. The molecule has 0 saturated carbocycles. The molecule has 0 aliphatic rings. The average Bonchev–Trinajstić information content (AvgIpc) is 2.90. The fraction of sp³-hybridized carbons (Fsp3) is 0.111. The number of nitrogens with zero attached hydrogens (tertiary/aromatic N) is 4. The minimum absolute atomic E-state index is 0.0370. The molecule has 2 aromatic heterocycles. The lowest BCUT2D eigenvalue weighted by Gasteiger charge is -2.03. The van der Waals surface area contributed by atoms with Crippen LogP contribution in [0, 0.1) is 11.3 Å². The van der Waals surface area contributed by atoms with E-state index in [1.54, 1.807) is 6.07 Å². The van der Waals surface area contributed by atoms with Gasteiger partial charge in [-0.15, -0.1) is 0 Å². The van der Waals surface area contributed by atoms with Gasteiger partial charge in [-0.3, -0.25) is 0 Å². The molecule has 0 aliphatic carbocycles. The summed E-state index contributed by atoms with van der Waals surface area (Å²) in [6.45, 7) is -0.0845. The molecule has 92 valence electrons. The molecule has 0 amide bonds. The van der Waals surface area contributed by atoms with Crippen molar-refractivity contribution in [2.75, 3.05) is 0 Å². The lowest BCUT2D eigenvalue weighted by Crippen LogP contribution is -2.24. The molecule has 18 heavy (non-hydrogen) atoms. The van der Waals surface area contributed by atoms with Gasteiger partial charge in [0.1, 0.15) is 16.7 Å². The van der Waals surface area contributed by atoms with Crippen molar-refractivity contribution in [1.29, 1.82) is 5.26 Å². The van der Waals surface area contributed by atoms with E-state index in [4.69, 9.17) is 5.26 Å². The van der Waals surface area contributed by atoms with Crippen LogP contribution in [0.2, 0.25) is 0 Å². The van der Waals surface area contributed by atoms with E-state index in [0.29, 0.717) is 0 Å².